The second kappa shape index (κ2) is 6.63. The van der Waals surface area contributed by atoms with Crippen LogP contribution >= 0.6 is 0 Å². The molecular formula is C13H18N2O4. The molecule has 1 aromatic rings. The number of primary amides is 1. The lowest BCUT2D eigenvalue weighted by molar-refractivity contribution is -0.137. The van der Waals surface area contributed by atoms with Crippen LogP contribution in [0.3, 0.4) is 0 Å². The van der Waals surface area contributed by atoms with Crippen molar-refractivity contribution >= 4 is 12.0 Å². The van der Waals surface area contributed by atoms with E-state index in [1.807, 2.05) is 12.1 Å². The number of urea groups is 1. The summed E-state index contributed by atoms with van der Waals surface area (Å²) in [6, 6.07) is 6.28. The summed E-state index contributed by atoms with van der Waals surface area (Å²) in [5.41, 5.74) is 6.15. The molecule has 1 atom stereocenters. The molecule has 0 aromatic heterocycles. The molecule has 6 heteroatoms. The summed E-state index contributed by atoms with van der Waals surface area (Å²) in [5.74, 6) is -0.250. The number of nitrogens with zero attached hydrogens (tertiary/aromatic N) is 1. The maximum Gasteiger partial charge on any atom is 0.315 e. The van der Waals surface area contributed by atoms with Crippen LogP contribution in [0.1, 0.15) is 24.9 Å². The van der Waals surface area contributed by atoms with Gasteiger partial charge in [0.1, 0.15) is 5.75 Å². The van der Waals surface area contributed by atoms with Gasteiger partial charge in [0, 0.05) is 6.54 Å². The Kier molecular flexibility index (Phi) is 5.17. The van der Waals surface area contributed by atoms with E-state index in [0.717, 1.165) is 5.56 Å². The average molecular weight is 266 g/mol. The third-order valence-electron chi connectivity index (χ3n) is 2.92. The molecule has 0 aliphatic carbocycles. The number of carboxylic acids is 1. The van der Waals surface area contributed by atoms with Gasteiger partial charge in [-0.15, -0.1) is 0 Å². The number of hydrogen-bond donors (Lipinski definition) is 2. The molecule has 1 rings (SSSR count). The third kappa shape index (κ3) is 4.17. The van der Waals surface area contributed by atoms with Gasteiger partial charge in [0.15, 0.2) is 0 Å². The highest BCUT2D eigenvalue weighted by molar-refractivity contribution is 5.74. The summed E-state index contributed by atoms with van der Waals surface area (Å²) in [6.45, 7) is 1.88. The molecule has 6 nitrogen and oxygen atoms in total. The van der Waals surface area contributed by atoms with E-state index in [4.69, 9.17) is 15.6 Å². The fourth-order valence-corrected chi connectivity index (χ4v) is 1.77. The number of nitrogens with two attached hydrogens (primary N) is 1. The molecule has 0 aliphatic heterocycles. The van der Waals surface area contributed by atoms with Crippen molar-refractivity contribution < 1.29 is 19.4 Å². The van der Waals surface area contributed by atoms with Crippen LogP contribution in [-0.2, 0) is 4.79 Å². The molecule has 104 valence electrons. The number of hydrogen-bond acceptors (Lipinski definition) is 3. The Balaban J connectivity index is 2.82. The predicted octanol–water partition coefficient (Wildman–Crippen LogP) is 1.61. The summed E-state index contributed by atoms with van der Waals surface area (Å²) < 4.78 is 5.05. The van der Waals surface area contributed by atoms with Crippen LogP contribution in [0, 0.1) is 0 Å². The Hall–Kier alpha value is -2.24. The van der Waals surface area contributed by atoms with Crippen LogP contribution in [0.25, 0.3) is 0 Å². The summed E-state index contributed by atoms with van der Waals surface area (Å²) in [7, 11) is 1.57. The molecule has 0 saturated carbocycles. The second-order valence-electron chi connectivity index (χ2n) is 4.12. The highest BCUT2D eigenvalue weighted by atomic mass is 16.5. The molecule has 19 heavy (non-hydrogen) atoms. The summed E-state index contributed by atoms with van der Waals surface area (Å²) in [6.07, 6.45) is -0.135. The highest BCUT2D eigenvalue weighted by Gasteiger charge is 2.19. The van der Waals surface area contributed by atoms with E-state index in [1.165, 1.54) is 4.90 Å². The highest BCUT2D eigenvalue weighted by Crippen LogP contribution is 2.22. The van der Waals surface area contributed by atoms with Gasteiger partial charge in [0.2, 0.25) is 0 Å². The molecule has 0 radical (unpaired) electrons. The number of carbonyl (C=O) groups excluding carboxylic acids is 1. The molecule has 0 saturated heterocycles. The Morgan fingerprint density at radius 3 is 2.37 bits per heavy atom. The molecule has 1 aromatic carbocycles. The molecule has 0 heterocycles. The molecule has 0 spiro atoms. The summed E-state index contributed by atoms with van der Waals surface area (Å²) in [5, 5.41) is 8.67. The number of carbonyl (C=O) groups is 2. The maximum atomic E-state index is 11.4. The zero-order valence-electron chi connectivity index (χ0n) is 11.0. The van der Waals surface area contributed by atoms with Gasteiger partial charge >= 0.3 is 12.0 Å². The summed E-state index contributed by atoms with van der Waals surface area (Å²) in [4.78, 5) is 23.3. The lowest BCUT2D eigenvalue weighted by atomic mass is 10.1. The average Bonchev–Trinajstić information content (AvgIpc) is 2.38. The first-order valence-electron chi connectivity index (χ1n) is 5.87. The smallest absolute Gasteiger partial charge is 0.315 e. The molecule has 0 unspecified atom stereocenters. The fourth-order valence-electron chi connectivity index (χ4n) is 1.77. The minimum atomic E-state index is -0.965. The number of aliphatic carboxylic acids is 1. The van der Waals surface area contributed by atoms with E-state index in [9.17, 15) is 9.59 Å². The Bertz CT molecular complexity index is 444. The number of amides is 2. The van der Waals surface area contributed by atoms with Crippen molar-refractivity contribution in [3.8, 4) is 5.75 Å². The van der Waals surface area contributed by atoms with Crippen molar-refractivity contribution in [2.75, 3.05) is 13.7 Å². The Morgan fingerprint density at radius 1 is 1.37 bits per heavy atom. The SMILES string of the molecule is COc1ccc([C@@H](C)N(CCC(=O)O)C(N)=O)cc1. The minimum absolute atomic E-state index is 0.0812. The normalized spacial score (nSPS) is 11.7. The molecule has 3 N–H and O–H groups in total. The van der Waals surface area contributed by atoms with Crippen LogP contribution in [-0.4, -0.2) is 35.7 Å². The molecular weight excluding hydrogens is 248 g/mol. The van der Waals surface area contributed by atoms with Crippen molar-refractivity contribution in [2.45, 2.75) is 19.4 Å². The quantitative estimate of drug-likeness (QED) is 0.818. The number of rotatable bonds is 6. The molecule has 0 bridgehead atoms. The van der Waals surface area contributed by atoms with E-state index in [0.29, 0.717) is 5.75 Å². The van der Waals surface area contributed by atoms with Crippen molar-refractivity contribution in [3.63, 3.8) is 0 Å². The fraction of sp³-hybridized carbons (Fsp3) is 0.385. The van der Waals surface area contributed by atoms with Crippen LogP contribution in [0.5, 0.6) is 5.75 Å². The van der Waals surface area contributed by atoms with Crippen LogP contribution in [0.4, 0.5) is 4.79 Å². The van der Waals surface area contributed by atoms with Crippen LogP contribution in [0.15, 0.2) is 24.3 Å². The van der Waals surface area contributed by atoms with Crippen LogP contribution < -0.4 is 10.5 Å². The van der Waals surface area contributed by atoms with Gasteiger partial charge in [0.05, 0.1) is 19.6 Å². The van der Waals surface area contributed by atoms with Crippen molar-refractivity contribution in [3.05, 3.63) is 29.8 Å². The van der Waals surface area contributed by atoms with Gasteiger partial charge in [-0.3, -0.25) is 4.79 Å². The standard InChI is InChI=1S/C13H18N2O4/c1-9(10-3-5-11(19-2)6-4-10)15(13(14)18)8-7-12(16)17/h3-6,9H,7-8H2,1-2H3,(H2,14,18)(H,16,17)/t9-/m1/s1. The van der Waals surface area contributed by atoms with Gasteiger partial charge in [-0.25, -0.2) is 4.79 Å². The van der Waals surface area contributed by atoms with Crippen molar-refractivity contribution in [2.24, 2.45) is 5.73 Å². The lowest BCUT2D eigenvalue weighted by Gasteiger charge is -2.27. The predicted molar refractivity (Wildman–Crippen MR) is 70.0 cm³/mol. The van der Waals surface area contributed by atoms with Crippen molar-refractivity contribution in [1.29, 1.82) is 0 Å². The first kappa shape index (κ1) is 14.8. The zero-order valence-corrected chi connectivity index (χ0v) is 11.0. The van der Waals surface area contributed by atoms with Gasteiger partial charge in [-0.2, -0.15) is 0 Å². The van der Waals surface area contributed by atoms with Gasteiger partial charge in [-0.1, -0.05) is 12.1 Å². The van der Waals surface area contributed by atoms with Crippen molar-refractivity contribution in [1.82, 2.24) is 4.90 Å². The minimum Gasteiger partial charge on any atom is -0.497 e. The Morgan fingerprint density at radius 2 is 1.95 bits per heavy atom. The van der Waals surface area contributed by atoms with Gasteiger partial charge < -0.3 is 20.5 Å². The Labute approximate surface area is 111 Å². The topological polar surface area (TPSA) is 92.9 Å². The monoisotopic (exact) mass is 266 g/mol. The second-order valence-corrected chi connectivity index (χ2v) is 4.12. The largest absolute Gasteiger partial charge is 0.497 e. The maximum absolute atomic E-state index is 11.4. The molecule has 0 aliphatic rings. The van der Waals surface area contributed by atoms with E-state index in [-0.39, 0.29) is 19.0 Å². The van der Waals surface area contributed by atoms with Gasteiger partial charge in [0.25, 0.3) is 0 Å². The van der Waals surface area contributed by atoms with E-state index >= 15 is 0 Å². The van der Waals surface area contributed by atoms with E-state index < -0.39 is 12.0 Å². The lowest BCUT2D eigenvalue weighted by Crippen LogP contribution is -2.39. The number of carboxylic acid groups (broad SMARTS) is 1. The number of ether oxygens (including phenoxy) is 1. The number of methoxy groups -OCH3 is 1. The third-order valence-corrected chi connectivity index (χ3v) is 2.92. The first-order valence-corrected chi connectivity index (χ1v) is 5.87. The summed E-state index contributed by atoms with van der Waals surface area (Å²) >= 11 is 0. The van der Waals surface area contributed by atoms with E-state index in [1.54, 1.807) is 26.2 Å². The number of benzene rings is 1. The molecule has 0 fully saturated rings. The van der Waals surface area contributed by atoms with E-state index in [2.05, 4.69) is 0 Å². The zero-order chi connectivity index (χ0) is 14.4. The first-order chi connectivity index (χ1) is 8.95. The van der Waals surface area contributed by atoms with Gasteiger partial charge in [-0.05, 0) is 24.6 Å². The van der Waals surface area contributed by atoms with Crippen LogP contribution in [0.2, 0.25) is 0 Å². The molecule has 2 amide bonds.